The Balaban J connectivity index is 0.00000361. The van der Waals surface area contributed by atoms with Crippen LogP contribution in [0.5, 0.6) is 11.5 Å². The van der Waals surface area contributed by atoms with E-state index in [0.717, 1.165) is 12.0 Å². The van der Waals surface area contributed by atoms with E-state index >= 15 is 0 Å². The van der Waals surface area contributed by atoms with Crippen LogP contribution in [0.1, 0.15) is 25.8 Å². The highest BCUT2D eigenvalue weighted by Gasteiger charge is 2.18. The lowest BCUT2D eigenvalue weighted by molar-refractivity contribution is -0.123. The van der Waals surface area contributed by atoms with E-state index in [1.54, 1.807) is 6.07 Å². The summed E-state index contributed by atoms with van der Waals surface area (Å²) in [6.45, 7) is 4.40. The van der Waals surface area contributed by atoms with Crippen LogP contribution < -0.4 is 11.1 Å². The average Bonchev–Trinajstić information content (AvgIpc) is 2.40. The van der Waals surface area contributed by atoms with E-state index in [2.05, 4.69) is 5.32 Å². The Morgan fingerprint density at radius 1 is 1.35 bits per heavy atom. The van der Waals surface area contributed by atoms with Gasteiger partial charge in [-0.1, -0.05) is 26.3 Å². The summed E-state index contributed by atoms with van der Waals surface area (Å²) in [5.74, 6) is -0.304. The monoisotopic (exact) mass is 302 g/mol. The molecule has 1 rings (SSSR count). The first-order chi connectivity index (χ1) is 8.95. The van der Waals surface area contributed by atoms with Gasteiger partial charge in [0.1, 0.15) is 0 Å². The van der Waals surface area contributed by atoms with Crippen molar-refractivity contribution in [1.29, 1.82) is 0 Å². The zero-order valence-electron chi connectivity index (χ0n) is 11.8. The lowest BCUT2D eigenvalue weighted by Gasteiger charge is -2.17. The highest BCUT2D eigenvalue weighted by atomic mass is 35.5. The number of halogens is 1. The number of carbonyl (C=O) groups is 1. The maximum absolute atomic E-state index is 11.7. The minimum absolute atomic E-state index is 0. The topological polar surface area (TPSA) is 95.6 Å². The fourth-order valence-electron chi connectivity index (χ4n) is 1.68. The molecule has 0 saturated heterocycles. The molecule has 5 nitrogen and oxygen atoms in total. The van der Waals surface area contributed by atoms with Gasteiger partial charge in [0.25, 0.3) is 0 Å². The van der Waals surface area contributed by atoms with Gasteiger partial charge >= 0.3 is 0 Å². The van der Waals surface area contributed by atoms with Crippen molar-refractivity contribution in [2.45, 2.75) is 32.7 Å². The summed E-state index contributed by atoms with van der Waals surface area (Å²) >= 11 is 0. The molecule has 0 bridgehead atoms. The third-order valence-electron chi connectivity index (χ3n) is 3.31. The molecule has 0 radical (unpaired) electrons. The Morgan fingerprint density at radius 3 is 2.55 bits per heavy atom. The third-order valence-corrected chi connectivity index (χ3v) is 3.31. The summed E-state index contributed by atoms with van der Waals surface area (Å²) in [5, 5.41) is 21.3. The van der Waals surface area contributed by atoms with Crippen LogP contribution in [0.3, 0.4) is 0 Å². The minimum Gasteiger partial charge on any atom is -0.504 e. The van der Waals surface area contributed by atoms with Crippen molar-refractivity contribution < 1.29 is 15.0 Å². The van der Waals surface area contributed by atoms with Gasteiger partial charge in [0, 0.05) is 6.54 Å². The molecule has 0 aliphatic heterocycles. The highest BCUT2D eigenvalue weighted by molar-refractivity contribution is 5.85. The number of rotatable bonds is 6. The Kier molecular flexibility index (Phi) is 8.03. The summed E-state index contributed by atoms with van der Waals surface area (Å²) in [5.41, 5.74) is 6.65. The molecule has 0 spiro atoms. The fraction of sp³-hybridized carbons (Fsp3) is 0.500. The number of benzene rings is 1. The number of phenolic OH excluding ortho intramolecular Hbond substituents is 2. The molecule has 1 aromatic rings. The molecule has 1 aromatic carbocycles. The van der Waals surface area contributed by atoms with E-state index in [4.69, 9.17) is 5.73 Å². The number of amides is 1. The van der Waals surface area contributed by atoms with Gasteiger partial charge in [0.2, 0.25) is 5.91 Å². The van der Waals surface area contributed by atoms with Crippen LogP contribution in [-0.4, -0.2) is 28.7 Å². The van der Waals surface area contributed by atoms with Crippen molar-refractivity contribution >= 4 is 18.3 Å². The van der Waals surface area contributed by atoms with Gasteiger partial charge in [-0.25, -0.2) is 0 Å². The molecular formula is C14H23ClN2O3. The third kappa shape index (κ3) is 5.27. The maximum atomic E-state index is 11.7. The molecule has 0 aromatic heterocycles. The van der Waals surface area contributed by atoms with Gasteiger partial charge in [-0.05, 0) is 30.0 Å². The molecule has 0 saturated carbocycles. The second-order valence-electron chi connectivity index (χ2n) is 4.78. The quantitative estimate of drug-likeness (QED) is 0.600. The van der Waals surface area contributed by atoms with Crippen molar-refractivity contribution in [3.8, 4) is 11.5 Å². The Labute approximate surface area is 125 Å². The summed E-state index contributed by atoms with van der Waals surface area (Å²) in [6.07, 6.45) is 1.44. The largest absolute Gasteiger partial charge is 0.504 e. The second kappa shape index (κ2) is 8.66. The number of phenols is 2. The number of aromatic hydroxyl groups is 2. The molecule has 6 heteroatoms. The van der Waals surface area contributed by atoms with Crippen LogP contribution in [0.2, 0.25) is 0 Å². The van der Waals surface area contributed by atoms with Crippen LogP contribution >= 0.6 is 12.4 Å². The van der Waals surface area contributed by atoms with Crippen molar-refractivity contribution in [3.05, 3.63) is 23.8 Å². The van der Waals surface area contributed by atoms with Crippen molar-refractivity contribution in [1.82, 2.24) is 5.32 Å². The Hall–Kier alpha value is -1.46. The van der Waals surface area contributed by atoms with Crippen LogP contribution in [0.25, 0.3) is 0 Å². The highest BCUT2D eigenvalue weighted by Crippen LogP contribution is 2.24. The number of hydrogen-bond donors (Lipinski definition) is 4. The molecule has 0 aliphatic carbocycles. The smallest absolute Gasteiger partial charge is 0.237 e. The lowest BCUT2D eigenvalue weighted by Crippen LogP contribution is -2.45. The summed E-state index contributed by atoms with van der Waals surface area (Å²) in [7, 11) is 0. The predicted octanol–water partition coefficient (Wildman–Crippen LogP) is 1.55. The minimum atomic E-state index is -0.488. The molecule has 0 aliphatic rings. The van der Waals surface area contributed by atoms with Crippen LogP contribution in [0.4, 0.5) is 0 Å². The number of carbonyl (C=O) groups excluding carboxylic acids is 1. The van der Waals surface area contributed by atoms with E-state index in [0.29, 0.717) is 13.0 Å². The number of nitrogens with one attached hydrogen (secondary N) is 1. The van der Waals surface area contributed by atoms with Gasteiger partial charge in [0.15, 0.2) is 11.5 Å². The molecule has 2 atom stereocenters. The molecule has 0 heterocycles. The Morgan fingerprint density at radius 2 is 2.00 bits per heavy atom. The predicted molar refractivity (Wildman–Crippen MR) is 81.2 cm³/mol. The molecule has 2 unspecified atom stereocenters. The maximum Gasteiger partial charge on any atom is 0.237 e. The van der Waals surface area contributed by atoms with Gasteiger partial charge in [-0.2, -0.15) is 0 Å². The van der Waals surface area contributed by atoms with Crippen LogP contribution in [0, 0.1) is 5.92 Å². The van der Waals surface area contributed by atoms with Crippen molar-refractivity contribution in [3.63, 3.8) is 0 Å². The van der Waals surface area contributed by atoms with Crippen LogP contribution in [-0.2, 0) is 11.2 Å². The van der Waals surface area contributed by atoms with Gasteiger partial charge in [0.05, 0.1) is 6.04 Å². The molecule has 20 heavy (non-hydrogen) atoms. The van der Waals surface area contributed by atoms with E-state index in [1.165, 1.54) is 12.1 Å². The second-order valence-corrected chi connectivity index (χ2v) is 4.78. The molecule has 0 fully saturated rings. The zero-order valence-corrected chi connectivity index (χ0v) is 12.6. The van der Waals surface area contributed by atoms with Crippen molar-refractivity contribution in [2.75, 3.05) is 6.54 Å². The van der Waals surface area contributed by atoms with Crippen molar-refractivity contribution in [2.24, 2.45) is 11.7 Å². The average molecular weight is 303 g/mol. The summed E-state index contributed by atoms with van der Waals surface area (Å²) in [4.78, 5) is 11.7. The zero-order chi connectivity index (χ0) is 14.4. The van der Waals surface area contributed by atoms with Gasteiger partial charge in [-0.3, -0.25) is 4.79 Å². The first kappa shape index (κ1) is 18.5. The summed E-state index contributed by atoms with van der Waals surface area (Å²) in [6, 6.07) is 4.13. The Bertz CT molecular complexity index is 440. The van der Waals surface area contributed by atoms with Crippen LogP contribution in [0.15, 0.2) is 18.2 Å². The standard InChI is InChI=1S/C14H22N2O3.ClH/c1-3-9(2)13(15)14(19)16-7-6-10-4-5-11(17)12(18)8-10;/h4-5,8-9,13,17-18H,3,6-7,15H2,1-2H3,(H,16,19);1H. The normalized spacial score (nSPS) is 13.2. The first-order valence-corrected chi connectivity index (χ1v) is 6.49. The van der Waals surface area contributed by atoms with E-state index in [-0.39, 0.29) is 35.7 Å². The van der Waals surface area contributed by atoms with E-state index < -0.39 is 6.04 Å². The molecular weight excluding hydrogens is 280 g/mol. The number of nitrogens with two attached hydrogens (primary N) is 1. The van der Waals surface area contributed by atoms with E-state index in [9.17, 15) is 15.0 Å². The van der Waals surface area contributed by atoms with Gasteiger partial charge in [-0.15, -0.1) is 12.4 Å². The molecule has 5 N–H and O–H groups in total. The molecule has 1 amide bonds. The summed E-state index contributed by atoms with van der Waals surface area (Å²) < 4.78 is 0. The fourth-order valence-corrected chi connectivity index (χ4v) is 1.68. The van der Waals surface area contributed by atoms with Gasteiger partial charge < -0.3 is 21.3 Å². The number of hydrogen-bond acceptors (Lipinski definition) is 4. The molecule has 114 valence electrons. The first-order valence-electron chi connectivity index (χ1n) is 6.49. The lowest BCUT2D eigenvalue weighted by atomic mass is 9.99. The SMILES string of the molecule is CCC(C)C(N)C(=O)NCCc1ccc(O)c(O)c1.Cl. The van der Waals surface area contributed by atoms with E-state index in [1.807, 2.05) is 13.8 Å².